The lowest BCUT2D eigenvalue weighted by molar-refractivity contribution is -0.148. The van der Waals surface area contributed by atoms with Crippen LogP contribution in [0, 0.1) is 17.8 Å². The Labute approximate surface area is 162 Å². The number of likely N-dealkylation sites (tertiary alicyclic amines) is 2. The van der Waals surface area contributed by atoms with Crippen LogP contribution in [0.15, 0.2) is 12.2 Å². The van der Waals surface area contributed by atoms with Gasteiger partial charge < -0.3 is 5.32 Å². The van der Waals surface area contributed by atoms with Gasteiger partial charge in [-0.3, -0.25) is 24.2 Å². The highest BCUT2D eigenvalue weighted by Gasteiger charge is 2.51. The van der Waals surface area contributed by atoms with E-state index in [4.69, 9.17) is 0 Å². The molecule has 0 saturated carbocycles. The molecule has 3 rings (SSSR count). The number of fused-ring (bicyclic) bond motifs is 1. The molecule has 2 aliphatic heterocycles. The van der Waals surface area contributed by atoms with Crippen LogP contribution in [0.3, 0.4) is 0 Å². The first kappa shape index (κ1) is 20.1. The van der Waals surface area contributed by atoms with Crippen molar-refractivity contribution in [2.45, 2.75) is 65.0 Å². The second kappa shape index (κ2) is 8.55. The predicted octanol–water partition coefficient (Wildman–Crippen LogP) is 1.95. The molecule has 4 unspecified atom stereocenters. The molecule has 6 heteroatoms. The first-order valence-corrected chi connectivity index (χ1v) is 10.5. The minimum atomic E-state index is -0.688. The summed E-state index contributed by atoms with van der Waals surface area (Å²) in [5.41, 5.74) is 0. The van der Waals surface area contributed by atoms with E-state index in [0.29, 0.717) is 31.8 Å². The summed E-state index contributed by atoms with van der Waals surface area (Å²) in [6, 6.07) is -0.331. The number of rotatable bonds is 7. The summed E-state index contributed by atoms with van der Waals surface area (Å²) < 4.78 is 0. The van der Waals surface area contributed by atoms with E-state index in [1.165, 1.54) is 4.90 Å². The lowest BCUT2D eigenvalue weighted by Crippen LogP contribution is -2.52. The zero-order chi connectivity index (χ0) is 19.6. The quantitative estimate of drug-likeness (QED) is 0.545. The molecule has 3 aliphatic rings. The van der Waals surface area contributed by atoms with E-state index in [1.54, 1.807) is 0 Å². The SMILES string of the molecule is CCN1CCCC1CNC(=O)C(CC(C)C)N1C(=O)C2CC=CCC2C1=O. The number of imide groups is 1. The number of hydrogen-bond acceptors (Lipinski definition) is 4. The van der Waals surface area contributed by atoms with Gasteiger partial charge in [0.2, 0.25) is 17.7 Å². The van der Waals surface area contributed by atoms with Gasteiger partial charge in [0.05, 0.1) is 11.8 Å². The molecule has 2 saturated heterocycles. The van der Waals surface area contributed by atoms with E-state index in [9.17, 15) is 14.4 Å². The average molecular weight is 376 g/mol. The lowest BCUT2D eigenvalue weighted by Gasteiger charge is -2.29. The zero-order valence-corrected chi connectivity index (χ0v) is 16.8. The topological polar surface area (TPSA) is 69.7 Å². The molecule has 0 aromatic rings. The fourth-order valence-corrected chi connectivity index (χ4v) is 4.79. The van der Waals surface area contributed by atoms with Crippen LogP contribution in [-0.4, -0.2) is 59.2 Å². The van der Waals surface area contributed by atoms with Gasteiger partial charge in [0.25, 0.3) is 0 Å². The minimum absolute atomic E-state index is 0.161. The Bertz CT molecular complexity index is 590. The van der Waals surface area contributed by atoms with Crippen molar-refractivity contribution in [3.8, 4) is 0 Å². The van der Waals surface area contributed by atoms with Crippen LogP contribution >= 0.6 is 0 Å². The van der Waals surface area contributed by atoms with E-state index in [0.717, 1.165) is 25.9 Å². The van der Waals surface area contributed by atoms with Gasteiger partial charge in [-0.1, -0.05) is 32.9 Å². The van der Waals surface area contributed by atoms with Crippen molar-refractivity contribution in [3.05, 3.63) is 12.2 Å². The normalized spacial score (nSPS) is 29.5. The highest BCUT2D eigenvalue weighted by molar-refractivity contribution is 6.08. The van der Waals surface area contributed by atoms with Crippen LogP contribution in [0.1, 0.15) is 52.9 Å². The Morgan fingerprint density at radius 3 is 2.37 bits per heavy atom. The molecule has 0 aromatic heterocycles. The lowest BCUT2D eigenvalue weighted by atomic mass is 9.85. The smallest absolute Gasteiger partial charge is 0.243 e. The summed E-state index contributed by atoms with van der Waals surface area (Å²) >= 11 is 0. The van der Waals surface area contributed by atoms with Crippen molar-refractivity contribution >= 4 is 17.7 Å². The van der Waals surface area contributed by atoms with Crippen LogP contribution < -0.4 is 5.32 Å². The van der Waals surface area contributed by atoms with Gasteiger partial charge in [-0.15, -0.1) is 0 Å². The zero-order valence-electron chi connectivity index (χ0n) is 16.8. The molecule has 1 aliphatic carbocycles. The first-order chi connectivity index (χ1) is 12.9. The van der Waals surface area contributed by atoms with Crippen LogP contribution in [0.5, 0.6) is 0 Å². The number of carbonyl (C=O) groups excluding carboxylic acids is 3. The molecule has 4 atom stereocenters. The maximum absolute atomic E-state index is 13.0. The molecule has 0 radical (unpaired) electrons. The molecular formula is C21H33N3O3. The third kappa shape index (κ3) is 4.10. The van der Waals surface area contributed by atoms with Crippen molar-refractivity contribution in [2.75, 3.05) is 19.6 Å². The summed E-state index contributed by atoms with van der Waals surface area (Å²) in [6.45, 7) is 8.83. The summed E-state index contributed by atoms with van der Waals surface area (Å²) in [5.74, 6) is -0.844. The standard InChI is InChI=1S/C21H33N3O3/c1-4-23-11-7-8-15(23)13-22-19(25)18(12-14(2)3)24-20(26)16-9-5-6-10-17(16)21(24)27/h5-6,14-18H,4,7-13H2,1-3H3,(H,22,25). The number of nitrogens with one attached hydrogen (secondary N) is 1. The largest absolute Gasteiger partial charge is 0.353 e. The summed E-state index contributed by atoms with van der Waals surface area (Å²) in [7, 11) is 0. The fraction of sp³-hybridized carbons (Fsp3) is 0.762. The molecule has 3 amide bonds. The summed E-state index contributed by atoms with van der Waals surface area (Å²) in [4.78, 5) is 42.5. The Morgan fingerprint density at radius 1 is 1.19 bits per heavy atom. The average Bonchev–Trinajstić information content (AvgIpc) is 3.21. The predicted molar refractivity (Wildman–Crippen MR) is 104 cm³/mol. The fourth-order valence-electron chi connectivity index (χ4n) is 4.79. The van der Waals surface area contributed by atoms with Crippen molar-refractivity contribution in [3.63, 3.8) is 0 Å². The van der Waals surface area contributed by atoms with Gasteiger partial charge >= 0.3 is 0 Å². The number of carbonyl (C=O) groups is 3. The Morgan fingerprint density at radius 2 is 1.81 bits per heavy atom. The summed E-state index contributed by atoms with van der Waals surface area (Å²) in [5, 5.41) is 3.05. The van der Waals surface area contributed by atoms with E-state index in [2.05, 4.69) is 17.1 Å². The Hall–Kier alpha value is -1.69. The molecule has 1 N–H and O–H groups in total. The molecule has 27 heavy (non-hydrogen) atoms. The van der Waals surface area contributed by atoms with Gasteiger partial charge in [0.1, 0.15) is 6.04 Å². The maximum Gasteiger partial charge on any atom is 0.243 e. The monoisotopic (exact) mass is 375 g/mol. The number of likely N-dealkylation sites (N-methyl/N-ethyl adjacent to an activating group) is 1. The maximum atomic E-state index is 13.0. The highest BCUT2D eigenvalue weighted by atomic mass is 16.2. The van der Waals surface area contributed by atoms with Crippen molar-refractivity contribution in [1.29, 1.82) is 0 Å². The van der Waals surface area contributed by atoms with E-state index < -0.39 is 6.04 Å². The molecular weight excluding hydrogens is 342 g/mol. The molecule has 2 heterocycles. The van der Waals surface area contributed by atoms with Gasteiger partial charge in [-0.05, 0) is 51.1 Å². The molecule has 0 aromatic carbocycles. The molecule has 0 spiro atoms. The number of hydrogen-bond donors (Lipinski definition) is 1. The highest BCUT2D eigenvalue weighted by Crippen LogP contribution is 2.37. The van der Waals surface area contributed by atoms with Crippen LogP contribution in [0.4, 0.5) is 0 Å². The Kier molecular flexibility index (Phi) is 6.35. The second-order valence-corrected chi connectivity index (χ2v) is 8.52. The summed E-state index contributed by atoms with van der Waals surface area (Å²) in [6.07, 6.45) is 7.92. The van der Waals surface area contributed by atoms with Gasteiger partial charge in [0.15, 0.2) is 0 Å². The van der Waals surface area contributed by atoms with Crippen LogP contribution in [-0.2, 0) is 14.4 Å². The van der Waals surface area contributed by atoms with E-state index in [1.807, 2.05) is 26.0 Å². The second-order valence-electron chi connectivity index (χ2n) is 8.52. The number of amides is 3. The third-order valence-corrected chi connectivity index (χ3v) is 6.27. The molecule has 0 bridgehead atoms. The molecule has 150 valence electrons. The molecule has 2 fully saturated rings. The third-order valence-electron chi connectivity index (χ3n) is 6.27. The van der Waals surface area contributed by atoms with Crippen molar-refractivity contribution < 1.29 is 14.4 Å². The van der Waals surface area contributed by atoms with Crippen molar-refractivity contribution in [1.82, 2.24) is 15.1 Å². The van der Waals surface area contributed by atoms with Crippen LogP contribution in [0.25, 0.3) is 0 Å². The molecule has 6 nitrogen and oxygen atoms in total. The van der Waals surface area contributed by atoms with Gasteiger partial charge in [-0.2, -0.15) is 0 Å². The Balaban J connectivity index is 1.70. The van der Waals surface area contributed by atoms with Gasteiger partial charge in [0, 0.05) is 12.6 Å². The number of allylic oxidation sites excluding steroid dienone is 2. The van der Waals surface area contributed by atoms with E-state index in [-0.39, 0.29) is 35.5 Å². The van der Waals surface area contributed by atoms with Crippen molar-refractivity contribution in [2.24, 2.45) is 17.8 Å². The minimum Gasteiger partial charge on any atom is -0.353 e. The van der Waals surface area contributed by atoms with Crippen LogP contribution in [0.2, 0.25) is 0 Å². The van der Waals surface area contributed by atoms with Gasteiger partial charge in [-0.25, -0.2) is 0 Å². The first-order valence-electron chi connectivity index (χ1n) is 10.5. The van der Waals surface area contributed by atoms with E-state index >= 15 is 0 Å². The number of nitrogens with zero attached hydrogens (tertiary/aromatic N) is 2.